The number of benzene rings is 1. The summed E-state index contributed by atoms with van der Waals surface area (Å²) < 4.78 is 0. The predicted octanol–water partition coefficient (Wildman–Crippen LogP) is 5.18. The van der Waals surface area contributed by atoms with Gasteiger partial charge < -0.3 is 5.32 Å². The molecule has 0 spiro atoms. The predicted molar refractivity (Wildman–Crippen MR) is 94.0 cm³/mol. The second kappa shape index (κ2) is 5.89. The minimum absolute atomic E-state index is 0.831. The molecule has 2 heterocycles. The molecular formula is C18H19N3S. The average molecular weight is 309 g/mol. The monoisotopic (exact) mass is 309 g/mol. The maximum atomic E-state index is 4.70. The Morgan fingerprint density at radius 3 is 2.50 bits per heavy atom. The molecule has 0 atom stereocenters. The van der Waals surface area contributed by atoms with Crippen LogP contribution in [0.15, 0.2) is 35.8 Å². The molecule has 0 saturated heterocycles. The summed E-state index contributed by atoms with van der Waals surface area (Å²) in [4.78, 5) is 9.02. The summed E-state index contributed by atoms with van der Waals surface area (Å²) in [7, 11) is 0. The van der Waals surface area contributed by atoms with Crippen LogP contribution in [0, 0.1) is 27.7 Å². The molecule has 2 aromatic heterocycles. The van der Waals surface area contributed by atoms with Gasteiger partial charge in [-0.3, -0.25) is 0 Å². The first kappa shape index (κ1) is 14.7. The van der Waals surface area contributed by atoms with Crippen LogP contribution in [0.4, 0.5) is 10.9 Å². The Morgan fingerprint density at radius 1 is 0.955 bits per heavy atom. The van der Waals surface area contributed by atoms with Gasteiger partial charge in [0, 0.05) is 17.1 Å². The number of pyridine rings is 1. The van der Waals surface area contributed by atoms with E-state index >= 15 is 0 Å². The van der Waals surface area contributed by atoms with E-state index in [0.29, 0.717) is 0 Å². The number of nitrogens with zero attached hydrogens (tertiary/aromatic N) is 2. The first-order chi connectivity index (χ1) is 10.5. The molecule has 3 rings (SSSR count). The molecule has 0 bridgehead atoms. The van der Waals surface area contributed by atoms with Crippen molar-refractivity contribution in [2.45, 2.75) is 27.7 Å². The molecule has 1 aromatic carbocycles. The standard InChI is InChI=1S/C18H19N3S/c1-11-5-6-19-17(7-11)21-18-20-16(10-22-18)15-9-13(3)12(2)8-14(15)4/h5-10H,1-4H3,(H,19,20,21). The van der Waals surface area contributed by atoms with Gasteiger partial charge in [-0.25, -0.2) is 9.97 Å². The second-order valence-corrected chi connectivity index (χ2v) is 6.49. The summed E-state index contributed by atoms with van der Waals surface area (Å²) in [6, 6.07) is 8.44. The summed E-state index contributed by atoms with van der Waals surface area (Å²) in [5.41, 5.74) is 7.26. The van der Waals surface area contributed by atoms with Crippen molar-refractivity contribution in [3.63, 3.8) is 0 Å². The Hall–Kier alpha value is -2.20. The Balaban J connectivity index is 1.89. The van der Waals surface area contributed by atoms with E-state index in [1.54, 1.807) is 17.5 Å². The van der Waals surface area contributed by atoms with E-state index in [2.05, 4.69) is 55.5 Å². The molecule has 0 aliphatic carbocycles. The Bertz CT molecular complexity index is 821. The zero-order chi connectivity index (χ0) is 15.7. The van der Waals surface area contributed by atoms with E-state index in [1.165, 1.54) is 27.8 Å². The fourth-order valence-electron chi connectivity index (χ4n) is 2.41. The lowest BCUT2D eigenvalue weighted by Gasteiger charge is -2.07. The highest BCUT2D eigenvalue weighted by molar-refractivity contribution is 7.14. The second-order valence-electron chi connectivity index (χ2n) is 5.63. The minimum atomic E-state index is 0.831. The number of hydrogen-bond acceptors (Lipinski definition) is 4. The molecule has 1 N–H and O–H groups in total. The summed E-state index contributed by atoms with van der Waals surface area (Å²) in [6.45, 7) is 8.47. The van der Waals surface area contributed by atoms with Gasteiger partial charge in [0.25, 0.3) is 0 Å². The number of nitrogens with one attached hydrogen (secondary N) is 1. The number of thiazole rings is 1. The highest BCUT2D eigenvalue weighted by Gasteiger charge is 2.09. The summed E-state index contributed by atoms with van der Waals surface area (Å²) in [5.74, 6) is 0.831. The van der Waals surface area contributed by atoms with Gasteiger partial charge in [0.15, 0.2) is 5.13 Å². The van der Waals surface area contributed by atoms with Crippen molar-refractivity contribution >= 4 is 22.3 Å². The molecule has 0 radical (unpaired) electrons. The summed E-state index contributed by atoms with van der Waals surface area (Å²) in [5, 5.41) is 6.24. The van der Waals surface area contributed by atoms with Crippen molar-refractivity contribution in [2.24, 2.45) is 0 Å². The summed E-state index contributed by atoms with van der Waals surface area (Å²) >= 11 is 1.60. The van der Waals surface area contributed by atoms with Gasteiger partial charge >= 0.3 is 0 Å². The minimum Gasteiger partial charge on any atom is -0.316 e. The van der Waals surface area contributed by atoms with Crippen molar-refractivity contribution in [1.29, 1.82) is 0 Å². The normalized spacial score (nSPS) is 10.7. The maximum Gasteiger partial charge on any atom is 0.188 e. The van der Waals surface area contributed by atoms with E-state index < -0.39 is 0 Å². The van der Waals surface area contributed by atoms with Crippen LogP contribution in [-0.4, -0.2) is 9.97 Å². The van der Waals surface area contributed by atoms with Gasteiger partial charge in [0.1, 0.15) is 5.82 Å². The van der Waals surface area contributed by atoms with Gasteiger partial charge in [-0.2, -0.15) is 0 Å². The van der Waals surface area contributed by atoms with Gasteiger partial charge in [-0.05, 0) is 68.1 Å². The SMILES string of the molecule is Cc1ccnc(Nc2nc(-c3cc(C)c(C)cc3C)cs2)c1. The molecule has 4 heteroatoms. The number of anilines is 2. The van der Waals surface area contributed by atoms with Crippen LogP contribution < -0.4 is 5.32 Å². The van der Waals surface area contributed by atoms with Crippen LogP contribution >= 0.6 is 11.3 Å². The first-order valence-corrected chi connectivity index (χ1v) is 8.14. The molecule has 0 saturated carbocycles. The lowest BCUT2D eigenvalue weighted by molar-refractivity contribution is 1.25. The first-order valence-electron chi connectivity index (χ1n) is 7.26. The largest absolute Gasteiger partial charge is 0.316 e. The number of aromatic nitrogens is 2. The lowest BCUT2D eigenvalue weighted by Crippen LogP contribution is -1.93. The quantitative estimate of drug-likeness (QED) is 0.724. The fourth-order valence-corrected chi connectivity index (χ4v) is 3.12. The molecule has 0 unspecified atom stereocenters. The van der Waals surface area contributed by atoms with Crippen LogP contribution in [0.2, 0.25) is 0 Å². The molecule has 112 valence electrons. The zero-order valence-electron chi connectivity index (χ0n) is 13.3. The molecule has 0 aliphatic rings. The van der Waals surface area contributed by atoms with E-state index in [-0.39, 0.29) is 0 Å². The van der Waals surface area contributed by atoms with Crippen molar-refractivity contribution in [3.8, 4) is 11.3 Å². The van der Waals surface area contributed by atoms with Crippen LogP contribution in [0.5, 0.6) is 0 Å². The molecular weight excluding hydrogens is 290 g/mol. The lowest BCUT2D eigenvalue weighted by atomic mass is 9.99. The van der Waals surface area contributed by atoms with Crippen molar-refractivity contribution < 1.29 is 0 Å². The van der Waals surface area contributed by atoms with Crippen LogP contribution in [0.25, 0.3) is 11.3 Å². The highest BCUT2D eigenvalue weighted by atomic mass is 32.1. The third-order valence-electron chi connectivity index (χ3n) is 3.77. The van der Waals surface area contributed by atoms with E-state index in [9.17, 15) is 0 Å². The van der Waals surface area contributed by atoms with Crippen LogP contribution in [0.1, 0.15) is 22.3 Å². The topological polar surface area (TPSA) is 37.8 Å². The Labute approximate surface area is 135 Å². The van der Waals surface area contributed by atoms with E-state index in [4.69, 9.17) is 4.98 Å². The van der Waals surface area contributed by atoms with E-state index in [0.717, 1.165) is 16.6 Å². The van der Waals surface area contributed by atoms with Crippen LogP contribution in [-0.2, 0) is 0 Å². The number of hydrogen-bond donors (Lipinski definition) is 1. The molecule has 0 fully saturated rings. The Kier molecular flexibility index (Phi) is 3.94. The third-order valence-corrected chi connectivity index (χ3v) is 4.53. The van der Waals surface area contributed by atoms with Gasteiger partial charge in [0.05, 0.1) is 5.69 Å². The molecule has 3 aromatic rings. The Morgan fingerprint density at radius 2 is 1.73 bits per heavy atom. The van der Waals surface area contributed by atoms with E-state index in [1.807, 2.05) is 12.1 Å². The zero-order valence-corrected chi connectivity index (χ0v) is 14.1. The van der Waals surface area contributed by atoms with Gasteiger partial charge in [-0.15, -0.1) is 11.3 Å². The maximum absolute atomic E-state index is 4.70. The summed E-state index contributed by atoms with van der Waals surface area (Å²) in [6.07, 6.45) is 1.81. The van der Waals surface area contributed by atoms with Crippen molar-refractivity contribution in [2.75, 3.05) is 5.32 Å². The fraction of sp³-hybridized carbons (Fsp3) is 0.222. The number of aryl methyl sites for hydroxylation is 4. The smallest absolute Gasteiger partial charge is 0.188 e. The number of rotatable bonds is 3. The van der Waals surface area contributed by atoms with Gasteiger partial charge in [-0.1, -0.05) is 6.07 Å². The molecule has 22 heavy (non-hydrogen) atoms. The van der Waals surface area contributed by atoms with Crippen LogP contribution in [0.3, 0.4) is 0 Å². The average Bonchev–Trinajstić information content (AvgIpc) is 2.91. The third kappa shape index (κ3) is 3.02. The highest BCUT2D eigenvalue weighted by Crippen LogP contribution is 2.30. The molecule has 0 amide bonds. The van der Waals surface area contributed by atoms with Crippen molar-refractivity contribution in [1.82, 2.24) is 9.97 Å². The molecule has 0 aliphatic heterocycles. The van der Waals surface area contributed by atoms with Crippen molar-refractivity contribution in [3.05, 3.63) is 58.1 Å². The van der Waals surface area contributed by atoms with Gasteiger partial charge in [0.2, 0.25) is 0 Å². The molecule has 3 nitrogen and oxygen atoms in total.